The van der Waals surface area contributed by atoms with E-state index in [0.717, 1.165) is 5.56 Å². The molecule has 102 valence electrons. The fourth-order valence-corrected chi connectivity index (χ4v) is 1.57. The molecule has 5 heteroatoms. The van der Waals surface area contributed by atoms with Crippen molar-refractivity contribution >= 4 is 11.6 Å². The Balaban J connectivity index is 2.03. The minimum Gasteiger partial charge on any atom is -0.395 e. The van der Waals surface area contributed by atoms with E-state index in [1.165, 1.54) is 6.20 Å². The van der Waals surface area contributed by atoms with Gasteiger partial charge in [-0.2, -0.15) is 0 Å². The topological polar surface area (TPSA) is 75.4 Å². The summed E-state index contributed by atoms with van der Waals surface area (Å²) in [7, 11) is 0. The number of aliphatic hydroxyl groups is 1. The average Bonchev–Trinajstić information content (AvgIpc) is 2.87. The molecule has 0 unspecified atom stereocenters. The van der Waals surface area contributed by atoms with Gasteiger partial charge in [0.1, 0.15) is 11.3 Å². The number of carbonyl (C=O) groups excluding carboxylic acids is 1. The molecule has 0 aliphatic rings. The van der Waals surface area contributed by atoms with E-state index in [4.69, 9.17) is 9.63 Å². The zero-order valence-corrected chi connectivity index (χ0v) is 11.0. The number of hydrogen-bond donors (Lipinski definition) is 2. The van der Waals surface area contributed by atoms with Crippen LogP contribution >= 0.6 is 0 Å². The lowest BCUT2D eigenvalue weighted by Gasteiger charge is -2.03. The SMILES string of the molecule is Cc1oncc1C(=O)Nc1ccc(C#CCCO)cc1. The highest BCUT2D eigenvalue weighted by atomic mass is 16.5. The van der Waals surface area contributed by atoms with Crippen molar-refractivity contribution in [3.63, 3.8) is 0 Å². The number of anilines is 1. The lowest BCUT2D eigenvalue weighted by molar-refractivity contribution is 0.102. The summed E-state index contributed by atoms with van der Waals surface area (Å²) in [5, 5.41) is 15.0. The molecule has 0 fully saturated rings. The Morgan fingerprint density at radius 2 is 2.15 bits per heavy atom. The standard InChI is InChI=1S/C15H14N2O3/c1-11-14(10-16-20-11)15(19)17-13-7-5-12(6-8-13)4-2-3-9-18/h5-8,10,18H,3,9H2,1H3,(H,17,19). The Morgan fingerprint density at radius 3 is 2.75 bits per heavy atom. The number of benzene rings is 1. The van der Waals surface area contributed by atoms with E-state index in [9.17, 15) is 4.79 Å². The Labute approximate surface area is 116 Å². The molecule has 0 saturated carbocycles. The van der Waals surface area contributed by atoms with Crippen LogP contribution in [0.25, 0.3) is 0 Å². The molecule has 0 saturated heterocycles. The smallest absolute Gasteiger partial charge is 0.260 e. The van der Waals surface area contributed by atoms with Gasteiger partial charge >= 0.3 is 0 Å². The number of carbonyl (C=O) groups is 1. The second-order valence-electron chi connectivity index (χ2n) is 4.10. The first-order valence-corrected chi connectivity index (χ1v) is 6.13. The zero-order valence-electron chi connectivity index (χ0n) is 11.0. The maximum Gasteiger partial charge on any atom is 0.260 e. The third-order valence-electron chi connectivity index (χ3n) is 2.61. The first-order chi connectivity index (χ1) is 9.70. The van der Waals surface area contributed by atoms with Crippen molar-refractivity contribution in [1.29, 1.82) is 0 Å². The first kappa shape index (κ1) is 13.8. The van der Waals surface area contributed by atoms with Gasteiger partial charge in [-0.3, -0.25) is 4.79 Å². The molecule has 5 nitrogen and oxygen atoms in total. The van der Waals surface area contributed by atoms with Gasteiger partial charge in [0.25, 0.3) is 5.91 Å². The third-order valence-corrected chi connectivity index (χ3v) is 2.61. The zero-order chi connectivity index (χ0) is 14.4. The summed E-state index contributed by atoms with van der Waals surface area (Å²) in [6.45, 7) is 1.74. The summed E-state index contributed by atoms with van der Waals surface area (Å²) in [4.78, 5) is 11.9. The number of nitrogens with one attached hydrogen (secondary N) is 1. The van der Waals surface area contributed by atoms with Crippen molar-refractivity contribution in [2.75, 3.05) is 11.9 Å². The quantitative estimate of drug-likeness (QED) is 0.836. The van der Waals surface area contributed by atoms with Crippen LogP contribution in [0.15, 0.2) is 35.0 Å². The summed E-state index contributed by atoms with van der Waals surface area (Å²) in [5.74, 6) is 5.97. The molecule has 0 aliphatic heterocycles. The van der Waals surface area contributed by atoms with E-state index in [2.05, 4.69) is 22.3 Å². The molecule has 0 atom stereocenters. The molecule has 0 spiro atoms. The lowest BCUT2D eigenvalue weighted by atomic mass is 10.2. The van der Waals surface area contributed by atoms with Crippen LogP contribution in [0.3, 0.4) is 0 Å². The number of aryl methyl sites for hydroxylation is 1. The van der Waals surface area contributed by atoms with Gasteiger partial charge < -0.3 is 14.9 Å². The monoisotopic (exact) mass is 270 g/mol. The van der Waals surface area contributed by atoms with E-state index in [0.29, 0.717) is 23.4 Å². The van der Waals surface area contributed by atoms with Crippen LogP contribution in [-0.2, 0) is 0 Å². The van der Waals surface area contributed by atoms with Gasteiger partial charge in [0.05, 0.1) is 12.8 Å². The lowest BCUT2D eigenvalue weighted by Crippen LogP contribution is -2.11. The van der Waals surface area contributed by atoms with Crippen molar-refractivity contribution in [3.05, 3.63) is 47.3 Å². The summed E-state index contributed by atoms with van der Waals surface area (Å²) in [6.07, 6.45) is 1.84. The molecule has 2 aromatic rings. The molecule has 0 radical (unpaired) electrons. The fourth-order valence-electron chi connectivity index (χ4n) is 1.57. The Morgan fingerprint density at radius 1 is 1.40 bits per heavy atom. The van der Waals surface area contributed by atoms with Crippen molar-refractivity contribution < 1.29 is 14.4 Å². The van der Waals surface area contributed by atoms with Crippen LogP contribution < -0.4 is 5.32 Å². The van der Waals surface area contributed by atoms with E-state index in [1.54, 1.807) is 31.2 Å². The Kier molecular flexibility index (Phi) is 4.53. The highest BCUT2D eigenvalue weighted by molar-refractivity contribution is 6.04. The largest absolute Gasteiger partial charge is 0.395 e. The van der Waals surface area contributed by atoms with Crippen LogP contribution in [0, 0.1) is 18.8 Å². The van der Waals surface area contributed by atoms with Crippen LogP contribution in [0.1, 0.15) is 28.1 Å². The van der Waals surface area contributed by atoms with Crippen LogP contribution in [0.2, 0.25) is 0 Å². The maximum atomic E-state index is 11.9. The number of aliphatic hydroxyl groups excluding tert-OH is 1. The van der Waals surface area contributed by atoms with E-state index >= 15 is 0 Å². The Hall–Kier alpha value is -2.58. The molecule has 2 N–H and O–H groups in total. The number of hydrogen-bond acceptors (Lipinski definition) is 4. The summed E-state index contributed by atoms with van der Waals surface area (Å²) < 4.78 is 4.85. The van der Waals surface area contributed by atoms with Gasteiger partial charge in [0.15, 0.2) is 0 Å². The molecule has 20 heavy (non-hydrogen) atoms. The van der Waals surface area contributed by atoms with E-state index in [-0.39, 0.29) is 12.5 Å². The molecule has 2 rings (SSSR count). The molecule has 0 aliphatic carbocycles. The number of rotatable bonds is 3. The highest BCUT2D eigenvalue weighted by Crippen LogP contribution is 2.12. The van der Waals surface area contributed by atoms with Crippen molar-refractivity contribution in [3.8, 4) is 11.8 Å². The summed E-state index contributed by atoms with van der Waals surface area (Å²) in [5.41, 5.74) is 1.91. The van der Waals surface area contributed by atoms with Crippen LogP contribution in [0.4, 0.5) is 5.69 Å². The Bertz CT molecular complexity index is 648. The maximum absolute atomic E-state index is 11.9. The van der Waals surface area contributed by atoms with Gasteiger partial charge in [0, 0.05) is 17.7 Å². The number of aromatic nitrogens is 1. The molecule has 1 aromatic heterocycles. The van der Waals surface area contributed by atoms with E-state index < -0.39 is 0 Å². The van der Waals surface area contributed by atoms with Crippen molar-refractivity contribution in [1.82, 2.24) is 5.16 Å². The molecule has 1 aromatic carbocycles. The number of nitrogens with zero attached hydrogens (tertiary/aromatic N) is 1. The summed E-state index contributed by atoms with van der Waals surface area (Å²) in [6, 6.07) is 7.15. The molecule has 1 amide bonds. The fraction of sp³-hybridized carbons (Fsp3) is 0.200. The minimum absolute atomic E-state index is 0.0548. The molecular formula is C15H14N2O3. The van der Waals surface area contributed by atoms with Gasteiger partial charge in [-0.05, 0) is 31.2 Å². The summed E-state index contributed by atoms with van der Waals surface area (Å²) >= 11 is 0. The van der Waals surface area contributed by atoms with Crippen molar-refractivity contribution in [2.45, 2.75) is 13.3 Å². The molecular weight excluding hydrogens is 256 g/mol. The van der Waals surface area contributed by atoms with Gasteiger partial charge in [-0.1, -0.05) is 17.0 Å². The van der Waals surface area contributed by atoms with Gasteiger partial charge in [0.2, 0.25) is 0 Å². The first-order valence-electron chi connectivity index (χ1n) is 6.13. The predicted octanol–water partition coefficient (Wildman–Crippen LogP) is 1.97. The second kappa shape index (κ2) is 6.55. The molecule has 1 heterocycles. The minimum atomic E-state index is -0.261. The van der Waals surface area contributed by atoms with Crippen molar-refractivity contribution in [2.24, 2.45) is 0 Å². The van der Waals surface area contributed by atoms with Gasteiger partial charge in [-0.15, -0.1) is 0 Å². The normalized spacial score (nSPS) is 9.70. The van der Waals surface area contributed by atoms with Crippen LogP contribution in [0.5, 0.6) is 0 Å². The number of amides is 1. The van der Waals surface area contributed by atoms with Crippen LogP contribution in [-0.4, -0.2) is 22.8 Å². The predicted molar refractivity (Wildman–Crippen MR) is 74.2 cm³/mol. The van der Waals surface area contributed by atoms with Gasteiger partial charge in [-0.25, -0.2) is 0 Å². The van der Waals surface area contributed by atoms with E-state index in [1.807, 2.05) is 0 Å². The highest BCUT2D eigenvalue weighted by Gasteiger charge is 2.12. The second-order valence-corrected chi connectivity index (χ2v) is 4.10. The third kappa shape index (κ3) is 3.46. The average molecular weight is 270 g/mol. The molecule has 0 bridgehead atoms.